The summed E-state index contributed by atoms with van der Waals surface area (Å²) in [6.07, 6.45) is 1.34. The van der Waals surface area contributed by atoms with Crippen molar-refractivity contribution in [3.8, 4) is 0 Å². The van der Waals surface area contributed by atoms with Gasteiger partial charge in [-0.2, -0.15) is 0 Å². The summed E-state index contributed by atoms with van der Waals surface area (Å²) < 4.78 is 19.0. The number of carbonyl (C=O) groups is 2. The Morgan fingerprint density at radius 1 is 1.32 bits per heavy atom. The van der Waals surface area contributed by atoms with E-state index in [1.165, 1.54) is 35.6 Å². The number of Topliss-reactive ketones (excluding diaryl/α,β-unsaturated/α-hetero) is 1. The first kappa shape index (κ1) is 16.6. The topological polar surface area (TPSA) is 43.4 Å². The van der Waals surface area contributed by atoms with Crippen molar-refractivity contribution in [3.05, 3.63) is 62.0 Å². The van der Waals surface area contributed by atoms with Gasteiger partial charge in [-0.1, -0.05) is 12.1 Å². The lowest BCUT2D eigenvalue weighted by atomic mass is 10.1. The molecule has 0 aliphatic heterocycles. The lowest BCUT2D eigenvalue weighted by molar-refractivity contribution is -0.137. The van der Waals surface area contributed by atoms with Crippen molar-refractivity contribution in [2.45, 2.75) is 6.92 Å². The fourth-order valence-corrected chi connectivity index (χ4v) is 3.10. The van der Waals surface area contributed by atoms with Crippen LogP contribution in [0, 0.1) is 5.82 Å². The molecule has 6 heteroatoms. The molecule has 114 valence electrons. The van der Waals surface area contributed by atoms with E-state index in [9.17, 15) is 14.0 Å². The highest BCUT2D eigenvalue weighted by atomic mass is 79.9. The second kappa shape index (κ2) is 7.47. The molecular weight excluding hydrogens is 371 g/mol. The summed E-state index contributed by atoms with van der Waals surface area (Å²) in [5.41, 5.74) is 0.300. The average molecular weight is 383 g/mol. The largest absolute Gasteiger partial charge is 0.462 e. The highest BCUT2D eigenvalue weighted by Crippen LogP contribution is 2.25. The first-order valence-corrected chi connectivity index (χ1v) is 8.06. The van der Waals surface area contributed by atoms with E-state index >= 15 is 0 Å². The van der Waals surface area contributed by atoms with E-state index in [4.69, 9.17) is 4.74 Å². The van der Waals surface area contributed by atoms with Gasteiger partial charge in [0, 0.05) is 0 Å². The molecular formula is C16H12BrFO3S. The first-order valence-electron chi connectivity index (χ1n) is 6.45. The summed E-state index contributed by atoms with van der Waals surface area (Å²) in [6.45, 7) is 1.81. The fourth-order valence-electron chi connectivity index (χ4n) is 1.76. The van der Waals surface area contributed by atoms with Gasteiger partial charge < -0.3 is 4.74 Å². The van der Waals surface area contributed by atoms with Gasteiger partial charge in [0.1, 0.15) is 11.4 Å². The van der Waals surface area contributed by atoms with Crippen molar-refractivity contribution >= 4 is 45.1 Å². The molecule has 0 amide bonds. The number of esters is 1. The van der Waals surface area contributed by atoms with Gasteiger partial charge >= 0.3 is 5.97 Å². The Kier molecular flexibility index (Phi) is 5.63. The summed E-state index contributed by atoms with van der Waals surface area (Å²) in [5.74, 6) is -1.61. The maximum absolute atomic E-state index is 13.3. The molecule has 22 heavy (non-hydrogen) atoms. The van der Waals surface area contributed by atoms with Crippen molar-refractivity contribution in [1.82, 2.24) is 0 Å². The maximum atomic E-state index is 13.3. The zero-order valence-corrected chi connectivity index (χ0v) is 14.0. The van der Waals surface area contributed by atoms with Crippen molar-refractivity contribution in [2.75, 3.05) is 6.61 Å². The Balaban J connectivity index is 2.42. The van der Waals surface area contributed by atoms with Crippen LogP contribution >= 0.6 is 27.3 Å². The van der Waals surface area contributed by atoms with Gasteiger partial charge in [0.15, 0.2) is 0 Å². The highest BCUT2D eigenvalue weighted by molar-refractivity contribution is 9.11. The quantitative estimate of drug-likeness (QED) is 0.251. The molecule has 1 heterocycles. The molecule has 0 fully saturated rings. The van der Waals surface area contributed by atoms with Crippen LogP contribution in [0.25, 0.3) is 6.08 Å². The molecule has 0 saturated heterocycles. The molecule has 0 radical (unpaired) electrons. The fraction of sp³-hybridized carbons (Fsp3) is 0.125. The second-order valence-corrected chi connectivity index (χ2v) is 6.73. The Hall–Kier alpha value is -1.79. The van der Waals surface area contributed by atoms with Crippen LogP contribution in [-0.2, 0) is 9.53 Å². The number of hydrogen-bond donors (Lipinski definition) is 0. The number of ketones is 1. The van der Waals surface area contributed by atoms with E-state index in [1.54, 1.807) is 25.1 Å². The SMILES string of the molecule is CCOC(=O)C(=Cc1cccc(F)c1)C(=O)c1ccc(Br)s1. The van der Waals surface area contributed by atoms with Gasteiger partial charge in [0.05, 0.1) is 15.3 Å². The smallest absolute Gasteiger partial charge is 0.342 e. The lowest BCUT2D eigenvalue weighted by Crippen LogP contribution is -2.15. The minimum Gasteiger partial charge on any atom is -0.462 e. The van der Waals surface area contributed by atoms with Crippen LogP contribution in [0.2, 0.25) is 0 Å². The molecule has 0 unspecified atom stereocenters. The average Bonchev–Trinajstić information content (AvgIpc) is 2.91. The third-order valence-corrected chi connectivity index (χ3v) is 4.32. The van der Waals surface area contributed by atoms with Crippen LogP contribution in [-0.4, -0.2) is 18.4 Å². The van der Waals surface area contributed by atoms with E-state index in [0.717, 1.165) is 3.79 Å². The molecule has 0 bridgehead atoms. The Bertz CT molecular complexity index is 736. The van der Waals surface area contributed by atoms with Gasteiger partial charge in [-0.3, -0.25) is 4.79 Å². The zero-order valence-electron chi connectivity index (χ0n) is 11.6. The highest BCUT2D eigenvalue weighted by Gasteiger charge is 2.22. The molecule has 1 aromatic carbocycles. The monoisotopic (exact) mass is 382 g/mol. The van der Waals surface area contributed by atoms with Crippen molar-refractivity contribution in [3.63, 3.8) is 0 Å². The summed E-state index contributed by atoms with van der Waals surface area (Å²) in [7, 11) is 0. The molecule has 2 rings (SSSR count). The third kappa shape index (κ3) is 4.11. The minimum absolute atomic E-state index is 0.123. The summed E-state index contributed by atoms with van der Waals surface area (Å²) in [6, 6.07) is 9.01. The van der Waals surface area contributed by atoms with E-state index in [1.807, 2.05) is 0 Å². The summed E-state index contributed by atoms with van der Waals surface area (Å²) in [4.78, 5) is 24.9. The zero-order chi connectivity index (χ0) is 16.1. The third-order valence-electron chi connectivity index (χ3n) is 2.70. The normalized spacial score (nSPS) is 11.3. The molecule has 0 atom stereocenters. The Labute approximate surface area is 139 Å². The van der Waals surface area contributed by atoms with E-state index in [-0.39, 0.29) is 12.2 Å². The van der Waals surface area contributed by atoms with Crippen LogP contribution in [0.3, 0.4) is 0 Å². The van der Waals surface area contributed by atoms with Gasteiger partial charge in [-0.05, 0) is 58.8 Å². The van der Waals surface area contributed by atoms with Gasteiger partial charge in [0.25, 0.3) is 0 Å². The van der Waals surface area contributed by atoms with Gasteiger partial charge in [-0.25, -0.2) is 9.18 Å². The minimum atomic E-state index is -0.721. The number of benzene rings is 1. The van der Waals surface area contributed by atoms with E-state index in [0.29, 0.717) is 10.4 Å². The number of hydrogen-bond acceptors (Lipinski definition) is 4. The Morgan fingerprint density at radius 3 is 2.68 bits per heavy atom. The number of ether oxygens (including phenoxy) is 1. The molecule has 1 aromatic heterocycles. The van der Waals surface area contributed by atoms with Crippen molar-refractivity contribution in [1.29, 1.82) is 0 Å². The summed E-state index contributed by atoms with van der Waals surface area (Å²) >= 11 is 4.49. The molecule has 0 spiro atoms. The molecule has 2 aromatic rings. The lowest BCUT2D eigenvalue weighted by Gasteiger charge is -2.05. The van der Waals surface area contributed by atoms with Crippen molar-refractivity contribution < 1.29 is 18.7 Å². The van der Waals surface area contributed by atoms with Crippen LogP contribution in [0.1, 0.15) is 22.2 Å². The van der Waals surface area contributed by atoms with Crippen LogP contribution < -0.4 is 0 Å². The van der Waals surface area contributed by atoms with Crippen LogP contribution in [0.5, 0.6) is 0 Å². The number of carbonyl (C=O) groups excluding carboxylic acids is 2. The molecule has 0 aliphatic rings. The standard InChI is InChI=1S/C16H12BrFO3S/c1-2-21-16(20)12(9-10-4-3-5-11(18)8-10)15(19)13-6-7-14(17)22-13/h3-9H,2H2,1H3. The van der Waals surface area contributed by atoms with Gasteiger partial charge in [0.2, 0.25) is 5.78 Å². The predicted octanol–water partition coefficient (Wildman–Crippen LogP) is 4.48. The van der Waals surface area contributed by atoms with E-state index in [2.05, 4.69) is 15.9 Å². The molecule has 0 saturated carbocycles. The van der Waals surface area contributed by atoms with Crippen molar-refractivity contribution in [2.24, 2.45) is 0 Å². The second-order valence-electron chi connectivity index (χ2n) is 4.27. The first-order chi connectivity index (χ1) is 10.5. The van der Waals surface area contributed by atoms with E-state index < -0.39 is 17.6 Å². The van der Waals surface area contributed by atoms with Gasteiger partial charge in [-0.15, -0.1) is 11.3 Å². The number of halogens is 2. The number of rotatable bonds is 5. The Morgan fingerprint density at radius 2 is 2.09 bits per heavy atom. The van der Waals surface area contributed by atoms with Crippen LogP contribution in [0.4, 0.5) is 4.39 Å². The molecule has 0 aliphatic carbocycles. The molecule has 3 nitrogen and oxygen atoms in total. The molecule has 0 N–H and O–H groups in total. The number of thiophene rings is 1. The van der Waals surface area contributed by atoms with Crippen LogP contribution in [0.15, 0.2) is 45.8 Å². The predicted molar refractivity (Wildman–Crippen MR) is 87.4 cm³/mol. The maximum Gasteiger partial charge on any atom is 0.342 e. The summed E-state index contributed by atoms with van der Waals surface area (Å²) in [5, 5.41) is 0.